The molecular weight excluding hydrogens is 442 g/mol. The van der Waals surface area contributed by atoms with Gasteiger partial charge in [-0.15, -0.1) is 0 Å². The second-order valence-corrected chi connectivity index (χ2v) is 7.86. The Morgan fingerprint density at radius 2 is 1.91 bits per heavy atom. The van der Waals surface area contributed by atoms with Crippen LogP contribution >= 0.6 is 0 Å². The summed E-state index contributed by atoms with van der Waals surface area (Å²) in [6.07, 6.45) is -5.02. The summed E-state index contributed by atoms with van der Waals surface area (Å²) >= 11 is 0. The van der Waals surface area contributed by atoms with Crippen LogP contribution in [0.25, 0.3) is 10.9 Å². The number of halogens is 4. The first-order valence-corrected chi connectivity index (χ1v) is 10.4. The molecule has 0 radical (unpaired) electrons. The average molecular weight is 465 g/mol. The molecule has 0 amide bonds. The lowest BCUT2D eigenvalue weighted by molar-refractivity contribution is -0.140. The summed E-state index contributed by atoms with van der Waals surface area (Å²) in [6, 6.07) is 5.85. The highest BCUT2D eigenvalue weighted by molar-refractivity contribution is 5.92. The van der Waals surface area contributed by atoms with Gasteiger partial charge in [0.1, 0.15) is 30.2 Å². The van der Waals surface area contributed by atoms with E-state index >= 15 is 0 Å². The Labute approximate surface area is 187 Å². The van der Waals surface area contributed by atoms with Gasteiger partial charge in [0, 0.05) is 17.0 Å². The molecule has 2 unspecified atom stereocenters. The second-order valence-electron chi connectivity index (χ2n) is 7.86. The molecular formula is C23H23F4N3O3. The molecule has 1 aromatic heterocycles. The Kier molecular flexibility index (Phi) is 6.29. The number of nitrogens with zero attached hydrogens (tertiary/aromatic N) is 2. The summed E-state index contributed by atoms with van der Waals surface area (Å²) < 4.78 is 71.3. The normalized spacial score (nSPS) is 17.7. The van der Waals surface area contributed by atoms with Crippen LogP contribution in [0.1, 0.15) is 36.8 Å². The van der Waals surface area contributed by atoms with Crippen molar-refractivity contribution in [2.45, 2.75) is 39.1 Å². The van der Waals surface area contributed by atoms with Crippen molar-refractivity contribution in [2.75, 3.05) is 25.1 Å². The first kappa shape index (κ1) is 23.0. The fourth-order valence-electron chi connectivity index (χ4n) is 3.66. The van der Waals surface area contributed by atoms with E-state index in [1.807, 2.05) is 6.92 Å². The van der Waals surface area contributed by atoms with Crippen LogP contribution in [0.5, 0.6) is 11.5 Å². The average Bonchev–Trinajstić information content (AvgIpc) is 2.81. The zero-order valence-corrected chi connectivity index (χ0v) is 18.3. The SMILES string of the molecule is Cc1nc(NC(C)c2cccc(C(F)(F)F)c2F)c2cc3c(cc2n1)OCCOCC(C)O3. The van der Waals surface area contributed by atoms with Crippen LogP contribution in [0.15, 0.2) is 30.3 Å². The van der Waals surface area contributed by atoms with Gasteiger partial charge in [0.15, 0.2) is 11.5 Å². The van der Waals surface area contributed by atoms with E-state index in [9.17, 15) is 17.6 Å². The van der Waals surface area contributed by atoms with Crippen molar-refractivity contribution >= 4 is 16.7 Å². The van der Waals surface area contributed by atoms with E-state index in [0.717, 1.165) is 6.07 Å². The first-order chi connectivity index (χ1) is 15.6. The van der Waals surface area contributed by atoms with E-state index in [1.54, 1.807) is 26.0 Å². The molecule has 1 aliphatic rings. The Morgan fingerprint density at radius 3 is 2.67 bits per heavy atom. The van der Waals surface area contributed by atoms with Gasteiger partial charge in [-0.25, -0.2) is 14.4 Å². The number of anilines is 1. The Bertz CT molecular complexity index is 1170. The van der Waals surface area contributed by atoms with Gasteiger partial charge >= 0.3 is 6.18 Å². The maximum absolute atomic E-state index is 14.7. The van der Waals surface area contributed by atoms with Crippen LogP contribution in [0, 0.1) is 12.7 Å². The standard InChI is InChI=1S/C23H23F4N3O3/c1-12-11-31-7-8-32-19-10-18-16(9-20(19)33-12)22(30-14(3)29-18)28-13(2)15-5-4-6-17(21(15)24)23(25,26)27/h4-6,9-10,12-13H,7-8,11H2,1-3H3,(H,28,29,30). The molecule has 3 aromatic rings. The number of hydrogen-bond donors (Lipinski definition) is 1. The number of nitrogens with one attached hydrogen (secondary N) is 1. The van der Waals surface area contributed by atoms with E-state index in [1.165, 1.54) is 12.1 Å². The highest BCUT2D eigenvalue weighted by Crippen LogP contribution is 2.38. The highest BCUT2D eigenvalue weighted by Gasteiger charge is 2.35. The van der Waals surface area contributed by atoms with Crippen molar-refractivity contribution < 1.29 is 31.8 Å². The van der Waals surface area contributed by atoms with Crippen LogP contribution in [-0.2, 0) is 10.9 Å². The number of hydrogen-bond acceptors (Lipinski definition) is 6. The van der Waals surface area contributed by atoms with E-state index in [4.69, 9.17) is 14.2 Å². The van der Waals surface area contributed by atoms with Gasteiger partial charge in [0.2, 0.25) is 0 Å². The zero-order chi connectivity index (χ0) is 23.8. The lowest BCUT2D eigenvalue weighted by Crippen LogP contribution is -2.19. The molecule has 2 heterocycles. The van der Waals surface area contributed by atoms with Gasteiger partial charge < -0.3 is 19.5 Å². The quantitative estimate of drug-likeness (QED) is 0.520. The third-order valence-corrected chi connectivity index (χ3v) is 5.19. The van der Waals surface area contributed by atoms with Crippen molar-refractivity contribution in [1.29, 1.82) is 0 Å². The fourth-order valence-corrected chi connectivity index (χ4v) is 3.66. The topological polar surface area (TPSA) is 65.5 Å². The third-order valence-electron chi connectivity index (χ3n) is 5.19. The van der Waals surface area contributed by atoms with Crippen LogP contribution in [0.3, 0.4) is 0 Å². The van der Waals surface area contributed by atoms with Gasteiger partial charge in [-0.05, 0) is 32.9 Å². The van der Waals surface area contributed by atoms with Crippen LogP contribution in [-0.4, -0.2) is 35.9 Å². The van der Waals surface area contributed by atoms with Gasteiger partial charge in [0.05, 0.1) is 30.3 Å². The van der Waals surface area contributed by atoms with Crippen molar-refractivity contribution in [3.8, 4) is 11.5 Å². The van der Waals surface area contributed by atoms with E-state index in [0.29, 0.717) is 53.9 Å². The molecule has 2 aromatic carbocycles. The van der Waals surface area contributed by atoms with Gasteiger partial charge in [-0.3, -0.25) is 0 Å². The summed E-state index contributed by atoms with van der Waals surface area (Å²) in [4.78, 5) is 8.85. The Morgan fingerprint density at radius 1 is 1.12 bits per heavy atom. The number of benzene rings is 2. The van der Waals surface area contributed by atoms with E-state index in [2.05, 4.69) is 15.3 Å². The first-order valence-electron chi connectivity index (χ1n) is 10.4. The van der Waals surface area contributed by atoms with Crippen LogP contribution < -0.4 is 14.8 Å². The molecule has 33 heavy (non-hydrogen) atoms. The molecule has 176 valence electrons. The van der Waals surface area contributed by atoms with Crippen molar-refractivity contribution in [2.24, 2.45) is 0 Å². The molecule has 0 saturated carbocycles. The summed E-state index contributed by atoms with van der Waals surface area (Å²) in [5, 5.41) is 3.60. The molecule has 0 fully saturated rings. The molecule has 0 spiro atoms. The summed E-state index contributed by atoms with van der Waals surface area (Å²) in [7, 11) is 0. The minimum Gasteiger partial charge on any atom is -0.487 e. The Balaban J connectivity index is 1.74. The highest BCUT2D eigenvalue weighted by atomic mass is 19.4. The Hall–Kier alpha value is -3.14. The molecule has 1 aliphatic heterocycles. The van der Waals surface area contributed by atoms with Crippen molar-refractivity contribution in [1.82, 2.24) is 9.97 Å². The maximum Gasteiger partial charge on any atom is 0.419 e. The summed E-state index contributed by atoms with van der Waals surface area (Å²) in [5.41, 5.74) is -0.879. The lowest BCUT2D eigenvalue weighted by atomic mass is 10.0. The van der Waals surface area contributed by atoms with Crippen molar-refractivity contribution in [3.05, 3.63) is 53.1 Å². The molecule has 6 nitrogen and oxygen atoms in total. The molecule has 1 N–H and O–H groups in total. The zero-order valence-electron chi connectivity index (χ0n) is 18.3. The smallest absolute Gasteiger partial charge is 0.419 e. The molecule has 4 rings (SSSR count). The second kappa shape index (κ2) is 9.01. The summed E-state index contributed by atoms with van der Waals surface area (Å²) in [5.74, 6) is 0.432. The number of aromatic nitrogens is 2. The number of alkyl halides is 3. The molecule has 0 bridgehead atoms. The van der Waals surface area contributed by atoms with Crippen LogP contribution in [0.2, 0.25) is 0 Å². The van der Waals surface area contributed by atoms with Crippen LogP contribution in [0.4, 0.5) is 23.4 Å². The lowest BCUT2D eigenvalue weighted by Gasteiger charge is -2.20. The molecule has 0 saturated heterocycles. The molecule has 2 atom stereocenters. The predicted molar refractivity (Wildman–Crippen MR) is 114 cm³/mol. The predicted octanol–water partition coefficient (Wildman–Crippen LogP) is 5.45. The van der Waals surface area contributed by atoms with Gasteiger partial charge in [-0.1, -0.05) is 12.1 Å². The fraction of sp³-hybridized carbons (Fsp3) is 0.391. The minimum atomic E-state index is -4.79. The third kappa shape index (κ3) is 4.95. The minimum absolute atomic E-state index is 0.123. The van der Waals surface area contributed by atoms with Crippen molar-refractivity contribution in [3.63, 3.8) is 0 Å². The number of ether oxygens (including phenoxy) is 3. The molecule has 0 aliphatic carbocycles. The van der Waals surface area contributed by atoms with E-state index < -0.39 is 23.6 Å². The number of rotatable bonds is 3. The maximum atomic E-state index is 14.7. The van der Waals surface area contributed by atoms with Gasteiger partial charge in [0.25, 0.3) is 0 Å². The molecule has 10 heteroatoms. The number of fused-ring (bicyclic) bond motifs is 2. The number of aryl methyl sites for hydroxylation is 1. The largest absolute Gasteiger partial charge is 0.487 e. The van der Waals surface area contributed by atoms with E-state index in [-0.39, 0.29) is 11.7 Å². The monoisotopic (exact) mass is 465 g/mol. The summed E-state index contributed by atoms with van der Waals surface area (Å²) in [6.45, 7) is 6.27. The van der Waals surface area contributed by atoms with Gasteiger partial charge in [-0.2, -0.15) is 13.2 Å².